The zero-order valence-corrected chi connectivity index (χ0v) is 13.7. The molecule has 2 aliphatic rings. The molecule has 0 spiro atoms. The van der Waals surface area contributed by atoms with Gasteiger partial charge < -0.3 is 10.1 Å². The van der Waals surface area contributed by atoms with Gasteiger partial charge in [0.2, 0.25) is 0 Å². The number of nitrogens with one attached hydrogen (secondary N) is 1. The summed E-state index contributed by atoms with van der Waals surface area (Å²) >= 11 is 2.00. The first kappa shape index (κ1) is 15.3. The SMILES string of the molecule is COCCN(CC1CCCN1)C1CCSc2ccccc21. The highest BCUT2D eigenvalue weighted by molar-refractivity contribution is 7.99. The molecular weight excluding hydrogens is 280 g/mol. The second-order valence-electron chi connectivity index (χ2n) is 5.97. The molecule has 2 unspecified atom stereocenters. The Bertz CT molecular complexity index is 448. The average molecular weight is 306 g/mol. The number of nitrogens with zero attached hydrogens (tertiary/aromatic N) is 1. The molecule has 1 aromatic rings. The minimum atomic E-state index is 0.556. The van der Waals surface area contributed by atoms with Gasteiger partial charge in [0.15, 0.2) is 0 Å². The van der Waals surface area contributed by atoms with Gasteiger partial charge >= 0.3 is 0 Å². The number of rotatable bonds is 6. The van der Waals surface area contributed by atoms with Crippen molar-refractivity contribution in [1.29, 1.82) is 0 Å². The number of fused-ring (bicyclic) bond motifs is 1. The van der Waals surface area contributed by atoms with Gasteiger partial charge in [0.05, 0.1) is 6.61 Å². The number of thioether (sulfide) groups is 1. The van der Waals surface area contributed by atoms with Crippen LogP contribution in [-0.4, -0.2) is 50.0 Å². The molecule has 116 valence electrons. The first-order valence-electron chi connectivity index (χ1n) is 8.06. The lowest BCUT2D eigenvalue weighted by atomic mass is 10.0. The minimum absolute atomic E-state index is 0.556. The van der Waals surface area contributed by atoms with Gasteiger partial charge in [0, 0.05) is 37.2 Å². The summed E-state index contributed by atoms with van der Waals surface area (Å²) in [5.41, 5.74) is 1.52. The molecule has 1 fully saturated rings. The summed E-state index contributed by atoms with van der Waals surface area (Å²) in [4.78, 5) is 4.11. The van der Waals surface area contributed by atoms with Crippen molar-refractivity contribution in [2.24, 2.45) is 0 Å². The number of benzene rings is 1. The molecule has 2 atom stereocenters. The van der Waals surface area contributed by atoms with E-state index in [9.17, 15) is 0 Å². The van der Waals surface area contributed by atoms with E-state index in [1.807, 2.05) is 11.8 Å². The van der Waals surface area contributed by atoms with Crippen LogP contribution in [0.5, 0.6) is 0 Å². The molecule has 1 N–H and O–H groups in total. The van der Waals surface area contributed by atoms with Crippen molar-refractivity contribution in [3.05, 3.63) is 29.8 Å². The van der Waals surface area contributed by atoms with Crippen molar-refractivity contribution in [3.63, 3.8) is 0 Å². The Balaban J connectivity index is 1.75. The maximum Gasteiger partial charge on any atom is 0.0589 e. The summed E-state index contributed by atoms with van der Waals surface area (Å²) in [5, 5.41) is 3.64. The summed E-state index contributed by atoms with van der Waals surface area (Å²) in [7, 11) is 1.80. The topological polar surface area (TPSA) is 24.5 Å². The Morgan fingerprint density at radius 3 is 3.05 bits per heavy atom. The second-order valence-corrected chi connectivity index (χ2v) is 7.11. The van der Waals surface area contributed by atoms with Gasteiger partial charge in [-0.1, -0.05) is 18.2 Å². The van der Waals surface area contributed by atoms with Crippen LogP contribution in [0.1, 0.15) is 30.9 Å². The third-order valence-electron chi connectivity index (χ3n) is 4.57. The third kappa shape index (κ3) is 3.81. The van der Waals surface area contributed by atoms with Crippen LogP contribution in [0.2, 0.25) is 0 Å². The molecule has 0 saturated carbocycles. The molecule has 1 saturated heterocycles. The van der Waals surface area contributed by atoms with Gasteiger partial charge in [-0.2, -0.15) is 0 Å². The summed E-state index contributed by atoms with van der Waals surface area (Å²) < 4.78 is 5.35. The lowest BCUT2D eigenvalue weighted by molar-refractivity contribution is 0.109. The number of hydrogen-bond acceptors (Lipinski definition) is 4. The molecule has 0 aromatic heterocycles. The Hall–Kier alpha value is -0.550. The molecule has 3 nitrogen and oxygen atoms in total. The molecule has 0 bridgehead atoms. The number of ether oxygens (including phenoxy) is 1. The Morgan fingerprint density at radius 2 is 2.24 bits per heavy atom. The highest BCUT2D eigenvalue weighted by atomic mass is 32.2. The lowest BCUT2D eigenvalue weighted by Crippen LogP contribution is -2.42. The highest BCUT2D eigenvalue weighted by Crippen LogP contribution is 2.39. The van der Waals surface area contributed by atoms with E-state index in [1.54, 1.807) is 7.11 Å². The number of hydrogen-bond donors (Lipinski definition) is 1. The van der Waals surface area contributed by atoms with Crippen LogP contribution in [0.3, 0.4) is 0 Å². The molecule has 4 heteroatoms. The third-order valence-corrected chi connectivity index (χ3v) is 5.69. The van der Waals surface area contributed by atoms with Crippen LogP contribution in [0.25, 0.3) is 0 Å². The molecule has 21 heavy (non-hydrogen) atoms. The van der Waals surface area contributed by atoms with E-state index < -0.39 is 0 Å². The van der Waals surface area contributed by atoms with E-state index in [-0.39, 0.29) is 0 Å². The van der Waals surface area contributed by atoms with Crippen molar-refractivity contribution in [1.82, 2.24) is 10.2 Å². The fraction of sp³-hybridized carbons (Fsp3) is 0.647. The monoisotopic (exact) mass is 306 g/mol. The van der Waals surface area contributed by atoms with Gasteiger partial charge in [-0.25, -0.2) is 0 Å². The van der Waals surface area contributed by atoms with Crippen molar-refractivity contribution in [2.75, 3.05) is 39.1 Å². The fourth-order valence-corrected chi connectivity index (χ4v) is 4.59. The van der Waals surface area contributed by atoms with E-state index in [2.05, 4.69) is 34.5 Å². The van der Waals surface area contributed by atoms with Gasteiger partial charge in [-0.3, -0.25) is 4.90 Å². The Kier molecular flexibility index (Phi) is 5.58. The molecule has 1 aromatic carbocycles. The van der Waals surface area contributed by atoms with E-state index >= 15 is 0 Å². The van der Waals surface area contributed by atoms with E-state index in [1.165, 1.54) is 42.0 Å². The van der Waals surface area contributed by atoms with Crippen LogP contribution in [0.15, 0.2) is 29.2 Å². The molecule has 3 rings (SSSR count). The summed E-state index contributed by atoms with van der Waals surface area (Å²) in [6.45, 7) is 4.17. The maximum absolute atomic E-state index is 5.35. The zero-order chi connectivity index (χ0) is 14.5. The van der Waals surface area contributed by atoms with Gasteiger partial charge in [-0.05, 0) is 43.2 Å². The molecule has 2 aliphatic heterocycles. The van der Waals surface area contributed by atoms with Gasteiger partial charge in [0.25, 0.3) is 0 Å². The van der Waals surface area contributed by atoms with Crippen LogP contribution in [0, 0.1) is 0 Å². The average Bonchev–Trinajstić information content (AvgIpc) is 3.04. The zero-order valence-electron chi connectivity index (χ0n) is 12.9. The number of methoxy groups -OCH3 is 1. The fourth-order valence-electron chi connectivity index (χ4n) is 3.48. The molecule has 0 radical (unpaired) electrons. The van der Waals surface area contributed by atoms with E-state index in [0.717, 1.165) is 19.7 Å². The van der Waals surface area contributed by atoms with Crippen molar-refractivity contribution in [2.45, 2.75) is 36.2 Å². The summed E-state index contributed by atoms with van der Waals surface area (Å²) in [6, 6.07) is 10.1. The highest BCUT2D eigenvalue weighted by Gasteiger charge is 2.28. The lowest BCUT2D eigenvalue weighted by Gasteiger charge is -2.37. The van der Waals surface area contributed by atoms with Crippen LogP contribution in [-0.2, 0) is 4.74 Å². The smallest absolute Gasteiger partial charge is 0.0589 e. The van der Waals surface area contributed by atoms with Crippen molar-refractivity contribution in [3.8, 4) is 0 Å². The maximum atomic E-state index is 5.35. The summed E-state index contributed by atoms with van der Waals surface area (Å²) in [5.74, 6) is 1.23. The molecule has 0 aliphatic carbocycles. The Labute approximate surface area is 132 Å². The van der Waals surface area contributed by atoms with E-state index in [4.69, 9.17) is 4.74 Å². The first-order chi connectivity index (χ1) is 10.4. The van der Waals surface area contributed by atoms with Crippen LogP contribution in [0.4, 0.5) is 0 Å². The van der Waals surface area contributed by atoms with Crippen molar-refractivity contribution < 1.29 is 4.74 Å². The molecular formula is C17H26N2OS. The predicted octanol–water partition coefficient (Wildman–Crippen LogP) is 2.92. The first-order valence-corrected chi connectivity index (χ1v) is 9.05. The second kappa shape index (κ2) is 7.63. The summed E-state index contributed by atoms with van der Waals surface area (Å²) in [6.07, 6.45) is 3.88. The molecule has 0 amide bonds. The van der Waals surface area contributed by atoms with Gasteiger partial charge in [0.1, 0.15) is 0 Å². The standard InChI is InChI=1S/C17H26N2OS/c1-20-11-10-19(13-14-5-4-9-18-14)16-8-12-21-17-7-3-2-6-15(16)17/h2-3,6-7,14,16,18H,4-5,8-13H2,1H3. The van der Waals surface area contributed by atoms with Crippen molar-refractivity contribution >= 4 is 11.8 Å². The van der Waals surface area contributed by atoms with Gasteiger partial charge in [-0.15, -0.1) is 11.8 Å². The Morgan fingerprint density at radius 1 is 1.33 bits per heavy atom. The minimum Gasteiger partial charge on any atom is -0.383 e. The van der Waals surface area contributed by atoms with E-state index in [0.29, 0.717) is 12.1 Å². The normalized spacial score (nSPS) is 25.2. The quantitative estimate of drug-likeness (QED) is 0.873. The van der Waals surface area contributed by atoms with Crippen LogP contribution >= 0.6 is 11.8 Å². The predicted molar refractivity (Wildman–Crippen MR) is 89.0 cm³/mol. The molecule has 2 heterocycles. The largest absolute Gasteiger partial charge is 0.383 e. The van der Waals surface area contributed by atoms with Crippen LogP contribution < -0.4 is 5.32 Å².